The van der Waals surface area contributed by atoms with E-state index >= 15 is 0 Å². The first kappa shape index (κ1) is 20.1. The third-order valence-corrected chi connectivity index (χ3v) is 5.12. The predicted octanol–water partition coefficient (Wildman–Crippen LogP) is 2.88. The van der Waals surface area contributed by atoms with Crippen molar-refractivity contribution in [2.45, 2.75) is 6.42 Å². The Hall–Kier alpha value is -3.61. The lowest BCUT2D eigenvalue weighted by Crippen LogP contribution is -2.59. The molecule has 3 rings (SSSR count). The number of hydrogen-bond donors (Lipinski definition) is 1. The minimum absolute atomic E-state index is 0.244. The molecule has 1 heterocycles. The monoisotopic (exact) mass is 391 g/mol. The summed E-state index contributed by atoms with van der Waals surface area (Å²) >= 11 is 0. The van der Waals surface area contributed by atoms with Crippen LogP contribution in [0.1, 0.15) is 27.1 Å². The van der Waals surface area contributed by atoms with Gasteiger partial charge in [-0.25, -0.2) is 4.79 Å². The van der Waals surface area contributed by atoms with E-state index in [1.807, 2.05) is 0 Å². The quantitative estimate of drug-likeness (QED) is 0.766. The predicted molar refractivity (Wildman–Crippen MR) is 107 cm³/mol. The molecule has 148 valence electrons. The summed E-state index contributed by atoms with van der Waals surface area (Å²) in [6, 6.07) is 16.2. The van der Waals surface area contributed by atoms with Crippen LogP contribution in [0, 0.1) is 17.2 Å². The van der Waals surface area contributed by atoms with Crippen molar-refractivity contribution in [3.63, 3.8) is 0 Å². The molecule has 1 saturated heterocycles. The number of urea groups is 1. The van der Waals surface area contributed by atoms with E-state index in [0.717, 1.165) is 9.80 Å². The van der Waals surface area contributed by atoms with Crippen LogP contribution >= 0.6 is 0 Å². The standard InChI is InChI=1S/C22H21N3O4/c1-24-20(23)18(21(28)25(2)22(24)29)16(19(27)15-11-7-4-8-12-15)13-17(26)14-9-5-3-6-10-14/h3-12,16,18,23H,13H2,1-2H3. The minimum Gasteiger partial charge on any atom is -0.294 e. The van der Waals surface area contributed by atoms with Crippen molar-refractivity contribution in [2.75, 3.05) is 14.1 Å². The molecule has 2 unspecified atom stereocenters. The number of rotatable bonds is 6. The summed E-state index contributed by atoms with van der Waals surface area (Å²) in [7, 11) is 2.69. The van der Waals surface area contributed by atoms with Gasteiger partial charge in [-0.05, 0) is 0 Å². The maximum atomic E-state index is 13.3. The molecule has 0 bridgehead atoms. The molecule has 0 aliphatic carbocycles. The number of Topliss-reactive ketones (excluding diaryl/α,β-unsaturated/α-hetero) is 2. The highest BCUT2D eigenvalue weighted by molar-refractivity contribution is 6.20. The second kappa shape index (κ2) is 8.18. The number of amidine groups is 1. The lowest BCUT2D eigenvalue weighted by atomic mass is 9.78. The maximum Gasteiger partial charge on any atom is 0.331 e. The van der Waals surface area contributed by atoms with E-state index < -0.39 is 29.6 Å². The van der Waals surface area contributed by atoms with Crippen molar-refractivity contribution in [3.8, 4) is 0 Å². The number of carbonyl (C=O) groups is 4. The first-order chi connectivity index (χ1) is 13.8. The summed E-state index contributed by atoms with van der Waals surface area (Å²) in [6.07, 6.45) is -0.244. The summed E-state index contributed by atoms with van der Waals surface area (Å²) in [6.45, 7) is 0. The molecular weight excluding hydrogens is 370 g/mol. The normalized spacial score (nSPS) is 18.0. The zero-order valence-corrected chi connectivity index (χ0v) is 16.2. The SMILES string of the molecule is CN1C(=N)C(C(CC(=O)c2ccccc2)C(=O)c2ccccc2)C(=O)N(C)C1=O. The van der Waals surface area contributed by atoms with Crippen LogP contribution in [-0.4, -0.2) is 53.2 Å². The van der Waals surface area contributed by atoms with Crippen LogP contribution in [0.5, 0.6) is 0 Å². The molecule has 7 heteroatoms. The summed E-state index contributed by atoms with van der Waals surface area (Å²) in [5.41, 5.74) is 0.770. The van der Waals surface area contributed by atoms with Gasteiger partial charge in [0.05, 0.1) is 0 Å². The van der Waals surface area contributed by atoms with Crippen LogP contribution in [0.4, 0.5) is 4.79 Å². The highest BCUT2D eigenvalue weighted by Gasteiger charge is 2.47. The van der Waals surface area contributed by atoms with Gasteiger partial charge in [0.2, 0.25) is 5.91 Å². The summed E-state index contributed by atoms with van der Waals surface area (Å²) in [5, 5.41) is 8.33. The van der Waals surface area contributed by atoms with E-state index in [2.05, 4.69) is 0 Å². The molecule has 1 N–H and O–H groups in total. The number of benzene rings is 2. The van der Waals surface area contributed by atoms with Crippen molar-refractivity contribution in [2.24, 2.45) is 11.8 Å². The number of nitrogens with zero attached hydrogens (tertiary/aromatic N) is 2. The van der Waals surface area contributed by atoms with Crippen LogP contribution in [0.25, 0.3) is 0 Å². The summed E-state index contributed by atoms with van der Waals surface area (Å²) in [4.78, 5) is 53.0. The summed E-state index contributed by atoms with van der Waals surface area (Å²) in [5.74, 6) is -3.97. The van der Waals surface area contributed by atoms with Crippen molar-refractivity contribution in [1.29, 1.82) is 5.41 Å². The van der Waals surface area contributed by atoms with E-state index in [4.69, 9.17) is 5.41 Å². The van der Waals surface area contributed by atoms with Crippen LogP contribution in [0.2, 0.25) is 0 Å². The Kier molecular flexibility index (Phi) is 5.68. The summed E-state index contributed by atoms with van der Waals surface area (Å²) < 4.78 is 0. The van der Waals surface area contributed by atoms with E-state index in [1.54, 1.807) is 60.7 Å². The Bertz CT molecular complexity index is 948. The molecule has 1 aliphatic rings. The highest BCUT2D eigenvalue weighted by atomic mass is 16.2. The Morgan fingerprint density at radius 3 is 1.97 bits per heavy atom. The fraction of sp³-hybridized carbons (Fsp3) is 0.227. The largest absolute Gasteiger partial charge is 0.331 e. The minimum atomic E-state index is -1.22. The average molecular weight is 391 g/mol. The van der Waals surface area contributed by atoms with Crippen LogP contribution in [0.3, 0.4) is 0 Å². The van der Waals surface area contributed by atoms with E-state index in [0.29, 0.717) is 11.1 Å². The van der Waals surface area contributed by atoms with Gasteiger partial charge in [-0.1, -0.05) is 60.7 Å². The number of hydrogen-bond acceptors (Lipinski definition) is 5. The van der Waals surface area contributed by atoms with E-state index in [9.17, 15) is 19.2 Å². The van der Waals surface area contributed by atoms with Gasteiger partial charge >= 0.3 is 6.03 Å². The van der Waals surface area contributed by atoms with Crippen molar-refractivity contribution >= 4 is 29.3 Å². The van der Waals surface area contributed by atoms with Gasteiger partial charge in [-0.2, -0.15) is 0 Å². The molecule has 2 aromatic carbocycles. The van der Waals surface area contributed by atoms with Gasteiger partial charge in [-0.15, -0.1) is 0 Å². The maximum absolute atomic E-state index is 13.3. The van der Waals surface area contributed by atoms with E-state index in [1.165, 1.54) is 14.1 Å². The molecule has 1 fully saturated rings. The second-order valence-electron chi connectivity index (χ2n) is 6.93. The molecule has 0 aromatic heterocycles. The Morgan fingerprint density at radius 1 is 0.897 bits per heavy atom. The number of amides is 3. The Morgan fingerprint density at radius 2 is 1.41 bits per heavy atom. The van der Waals surface area contributed by atoms with Crippen molar-refractivity contribution in [1.82, 2.24) is 9.80 Å². The van der Waals surface area contributed by atoms with Crippen molar-refractivity contribution in [3.05, 3.63) is 71.8 Å². The van der Waals surface area contributed by atoms with Crippen molar-refractivity contribution < 1.29 is 19.2 Å². The molecule has 29 heavy (non-hydrogen) atoms. The van der Waals surface area contributed by atoms with Crippen LogP contribution in [0.15, 0.2) is 60.7 Å². The van der Waals surface area contributed by atoms with Crippen LogP contribution in [-0.2, 0) is 4.79 Å². The topological polar surface area (TPSA) is 98.6 Å². The third kappa shape index (κ3) is 3.85. The smallest absolute Gasteiger partial charge is 0.294 e. The van der Waals surface area contributed by atoms with Gasteiger partial charge in [0, 0.05) is 37.6 Å². The molecule has 7 nitrogen and oxygen atoms in total. The second-order valence-corrected chi connectivity index (χ2v) is 6.93. The average Bonchev–Trinajstić information content (AvgIpc) is 2.76. The molecule has 0 spiro atoms. The molecule has 3 amide bonds. The molecule has 2 aromatic rings. The lowest BCUT2D eigenvalue weighted by molar-refractivity contribution is -0.131. The van der Waals surface area contributed by atoms with E-state index in [-0.39, 0.29) is 18.0 Å². The number of carbonyl (C=O) groups excluding carboxylic acids is 4. The fourth-order valence-corrected chi connectivity index (χ4v) is 3.44. The first-order valence-electron chi connectivity index (χ1n) is 9.14. The molecule has 2 atom stereocenters. The third-order valence-electron chi connectivity index (χ3n) is 5.12. The molecular formula is C22H21N3O4. The number of ketones is 2. The molecule has 0 saturated carbocycles. The number of nitrogens with one attached hydrogen (secondary N) is 1. The Labute approximate surface area is 168 Å². The first-order valence-corrected chi connectivity index (χ1v) is 9.14. The van der Waals surface area contributed by atoms with Gasteiger partial charge in [0.1, 0.15) is 11.8 Å². The molecule has 0 radical (unpaired) electrons. The Balaban J connectivity index is 2.01. The van der Waals surface area contributed by atoms with Gasteiger partial charge in [0.15, 0.2) is 11.6 Å². The fourth-order valence-electron chi connectivity index (χ4n) is 3.44. The van der Waals surface area contributed by atoms with Crippen LogP contribution < -0.4 is 0 Å². The molecule has 1 aliphatic heterocycles. The van der Waals surface area contributed by atoms with Gasteiger partial charge < -0.3 is 0 Å². The zero-order chi connectivity index (χ0) is 21.1. The van der Waals surface area contributed by atoms with Gasteiger partial charge in [-0.3, -0.25) is 29.6 Å². The van der Waals surface area contributed by atoms with Gasteiger partial charge in [0.25, 0.3) is 0 Å². The lowest BCUT2D eigenvalue weighted by Gasteiger charge is -2.37. The number of imide groups is 1. The zero-order valence-electron chi connectivity index (χ0n) is 16.2. The highest BCUT2D eigenvalue weighted by Crippen LogP contribution is 2.29.